The Labute approximate surface area is 145 Å². The lowest BCUT2D eigenvalue weighted by atomic mass is 9.98. The molecule has 1 aliphatic heterocycles. The van der Waals surface area contributed by atoms with Crippen LogP contribution < -0.4 is 9.64 Å². The number of rotatable bonds is 5. The summed E-state index contributed by atoms with van der Waals surface area (Å²) in [5.41, 5.74) is 0. The molecule has 0 spiro atoms. The zero-order chi connectivity index (χ0) is 16.1. The van der Waals surface area contributed by atoms with Gasteiger partial charge in [-0.15, -0.1) is 0 Å². The number of ether oxygens (including phenoxy) is 1. The van der Waals surface area contributed by atoms with E-state index in [9.17, 15) is 0 Å². The highest BCUT2D eigenvalue weighted by molar-refractivity contribution is 7.98. The minimum atomic E-state index is 0.539. The van der Waals surface area contributed by atoms with Crippen LogP contribution in [0.25, 0.3) is 0 Å². The Morgan fingerprint density at radius 1 is 1.30 bits per heavy atom. The van der Waals surface area contributed by atoms with Gasteiger partial charge in [0.15, 0.2) is 5.16 Å². The van der Waals surface area contributed by atoms with Crippen molar-refractivity contribution in [2.45, 2.75) is 18.0 Å². The number of pyridine rings is 1. The molecule has 0 amide bonds. The first-order valence-electron chi connectivity index (χ1n) is 7.60. The molecule has 0 radical (unpaired) electrons. The van der Waals surface area contributed by atoms with Crippen LogP contribution in [-0.2, 0) is 0 Å². The summed E-state index contributed by atoms with van der Waals surface area (Å²) in [5, 5.41) is 1.39. The molecule has 0 unspecified atom stereocenters. The molecule has 3 heterocycles. The number of aromatic nitrogens is 3. The molecule has 2 aromatic heterocycles. The van der Waals surface area contributed by atoms with Crippen molar-refractivity contribution in [3.8, 4) is 5.75 Å². The van der Waals surface area contributed by atoms with Gasteiger partial charge in [-0.25, -0.2) is 9.97 Å². The molecule has 122 valence electrons. The minimum Gasteiger partial charge on any atom is -0.492 e. The fourth-order valence-electron chi connectivity index (χ4n) is 2.62. The summed E-state index contributed by atoms with van der Waals surface area (Å²) in [6, 6.07) is 3.79. The smallest absolute Gasteiger partial charge is 0.189 e. The molecular formula is C16H19ClN4OS. The van der Waals surface area contributed by atoms with Gasteiger partial charge in [-0.1, -0.05) is 23.4 Å². The number of hydrogen-bond donors (Lipinski definition) is 0. The van der Waals surface area contributed by atoms with Crippen molar-refractivity contribution in [3.05, 3.63) is 35.7 Å². The lowest BCUT2D eigenvalue weighted by Gasteiger charge is -2.32. The van der Waals surface area contributed by atoms with E-state index < -0.39 is 0 Å². The van der Waals surface area contributed by atoms with Crippen molar-refractivity contribution in [3.63, 3.8) is 0 Å². The predicted octanol–water partition coefficient (Wildman–Crippen LogP) is 3.54. The van der Waals surface area contributed by atoms with Gasteiger partial charge in [-0.3, -0.25) is 4.98 Å². The highest BCUT2D eigenvalue weighted by atomic mass is 35.5. The van der Waals surface area contributed by atoms with Gasteiger partial charge in [0.1, 0.15) is 16.6 Å². The molecule has 0 bridgehead atoms. The van der Waals surface area contributed by atoms with Crippen LogP contribution in [0, 0.1) is 5.92 Å². The van der Waals surface area contributed by atoms with E-state index >= 15 is 0 Å². The van der Waals surface area contributed by atoms with Gasteiger partial charge in [0.2, 0.25) is 0 Å². The maximum atomic E-state index is 6.06. The first-order chi connectivity index (χ1) is 11.3. The van der Waals surface area contributed by atoms with E-state index in [0.29, 0.717) is 23.3 Å². The summed E-state index contributed by atoms with van der Waals surface area (Å²) in [6.45, 7) is 2.67. The molecule has 0 atom stereocenters. The molecule has 23 heavy (non-hydrogen) atoms. The van der Waals surface area contributed by atoms with Crippen molar-refractivity contribution < 1.29 is 4.74 Å². The van der Waals surface area contributed by atoms with Crippen molar-refractivity contribution in [1.29, 1.82) is 0 Å². The Balaban J connectivity index is 1.51. The highest BCUT2D eigenvalue weighted by Gasteiger charge is 2.21. The van der Waals surface area contributed by atoms with E-state index in [-0.39, 0.29) is 0 Å². The first-order valence-corrected chi connectivity index (χ1v) is 9.21. The summed E-state index contributed by atoms with van der Waals surface area (Å²) in [6.07, 6.45) is 9.30. The second-order valence-electron chi connectivity index (χ2n) is 5.45. The average molecular weight is 351 g/mol. The topological polar surface area (TPSA) is 51.1 Å². The van der Waals surface area contributed by atoms with Crippen LogP contribution in [0.15, 0.2) is 35.9 Å². The molecule has 7 heteroatoms. The Morgan fingerprint density at radius 2 is 2.13 bits per heavy atom. The van der Waals surface area contributed by atoms with Crippen LogP contribution in [0.4, 0.5) is 5.82 Å². The second-order valence-corrected chi connectivity index (χ2v) is 6.63. The van der Waals surface area contributed by atoms with Crippen molar-refractivity contribution in [2.75, 3.05) is 30.9 Å². The highest BCUT2D eigenvalue weighted by Crippen LogP contribution is 2.26. The summed E-state index contributed by atoms with van der Waals surface area (Å²) in [5.74, 6) is 2.27. The van der Waals surface area contributed by atoms with Gasteiger partial charge < -0.3 is 9.64 Å². The average Bonchev–Trinajstić information content (AvgIpc) is 2.61. The molecule has 3 rings (SSSR count). The number of thioether (sulfide) groups is 1. The molecule has 5 nitrogen and oxygen atoms in total. The molecule has 2 aromatic rings. The Bertz CT molecular complexity index is 649. The summed E-state index contributed by atoms with van der Waals surface area (Å²) in [7, 11) is 0. The van der Waals surface area contributed by atoms with Gasteiger partial charge in [0.05, 0.1) is 6.61 Å². The van der Waals surface area contributed by atoms with Gasteiger partial charge in [-0.2, -0.15) is 0 Å². The van der Waals surface area contributed by atoms with Crippen molar-refractivity contribution in [2.24, 2.45) is 5.92 Å². The number of nitrogens with zero attached hydrogens (tertiary/aromatic N) is 4. The third-order valence-corrected chi connectivity index (χ3v) is 4.80. The quantitative estimate of drug-likeness (QED) is 0.607. The minimum absolute atomic E-state index is 0.539. The summed E-state index contributed by atoms with van der Waals surface area (Å²) < 4.78 is 5.83. The van der Waals surface area contributed by atoms with E-state index in [1.54, 1.807) is 24.2 Å². The molecule has 1 saturated heterocycles. The molecule has 0 N–H and O–H groups in total. The standard InChI is InChI=1S/C16H19ClN4OS/c1-23-16-19-7-3-15(20-16)21-8-4-12(5-9-21)11-22-14-2-6-18-10-13(14)17/h2-3,6-7,10,12H,4-5,8-9,11H2,1H3. The number of anilines is 1. The van der Waals surface area contributed by atoms with Crippen LogP contribution in [0.1, 0.15) is 12.8 Å². The monoisotopic (exact) mass is 350 g/mol. The van der Waals surface area contributed by atoms with Gasteiger partial charge in [-0.05, 0) is 31.1 Å². The van der Waals surface area contributed by atoms with Crippen LogP contribution >= 0.6 is 23.4 Å². The lowest BCUT2D eigenvalue weighted by molar-refractivity contribution is 0.222. The maximum absolute atomic E-state index is 6.06. The zero-order valence-corrected chi connectivity index (χ0v) is 14.6. The third kappa shape index (κ3) is 4.26. The summed E-state index contributed by atoms with van der Waals surface area (Å²) in [4.78, 5) is 15.1. The normalized spacial score (nSPS) is 15.7. The van der Waals surface area contributed by atoms with E-state index in [1.807, 2.05) is 24.6 Å². The van der Waals surface area contributed by atoms with Gasteiger partial charge in [0, 0.05) is 37.7 Å². The van der Waals surface area contributed by atoms with Gasteiger partial charge >= 0.3 is 0 Å². The Morgan fingerprint density at radius 3 is 2.87 bits per heavy atom. The van der Waals surface area contributed by atoms with Crippen LogP contribution in [0.2, 0.25) is 5.02 Å². The second kappa shape index (κ2) is 7.84. The maximum Gasteiger partial charge on any atom is 0.189 e. The Kier molecular flexibility index (Phi) is 5.56. The number of hydrogen-bond acceptors (Lipinski definition) is 6. The van der Waals surface area contributed by atoms with Crippen LogP contribution in [0.3, 0.4) is 0 Å². The summed E-state index contributed by atoms with van der Waals surface area (Å²) >= 11 is 7.63. The Hall–Kier alpha value is -1.53. The molecule has 0 saturated carbocycles. The lowest BCUT2D eigenvalue weighted by Crippen LogP contribution is -2.36. The van der Waals surface area contributed by atoms with Gasteiger partial charge in [0.25, 0.3) is 0 Å². The molecule has 0 aromatic carbocycles. The third-order valence-electron chi connectivity index (χ3n) is 3.95. The number of halogens is 1. The largest absolute Gasteiger partial charge is 0.492 e. The fraction of sp³-hybridized carbons (Fsp3) is 0.438. The molecule has 1 fully saturated rings. The molecule has 1 aliphatic rings. The zero-order valence-electron chi connectivity index (χ0n) is 13.0. The van der Waals surface area contributed by atoms with Crippen molar-refractivity contribution >= 4 is 29.2 Å². The predicted molar refractivity (Wildman–Crippen MR) is 93.5 cm³/mol. The fourth-order valence-corrected chi connectivity index (χ4v) is 3.15. The van der Waals surface area contributed by atoms with E-state index in [0.717, 1.165) is 36.9 Å². The van der Waals surface area contributed by atoms with E-state index in [2.05, 4.69) is 19.9 Å². The SMILES string of the molecule is CSc1nccc(N2CCC(COc3ccncc3Cl)CC2)n1. The van der Waals surface area contributed by atoms with Crippen molar-refractivity contribution in [1.82, 2.24) is 15.0 Å². The van der Waals surface area contributed by atoms with Crippen LogP contribution in [-0.4, -0.2) is 40.9 Å². The molecule has 0 aliphatic carbocycles. The number of piperidine rings is 1. The van der Waals surface area contributed by atoms with Crippen LogP contribution in [0.5, 0.6) is 5.75 Å². The van der Waals surface area contributed by atoms with E-state index in [4.69, 9.17) is 16.3 Å². The first kappa shape index (κ1) is 16.3. The molecular weight excluding hydrogens is 332 g/mol. The van der Waals surface area contributed by atoms with E-state index in [1.165, 1.54) is 0 Å².